The van der Waals surface area contributed by atoms with Crippen LogP contribution in [-0.2, 0) is 4.79 Å². The fourth-order valence-corrected chi connectivity index (χ4v) is 1.66. The van der Waals surface area contributed by atoms with Crippen molar-refractivity contribution in [1.82, 2.24) is 4.98 Å². The van der Waals surface area contributed by atoms with Gasteiger partial charge in [-0.15, -0.1) is 0 Å². The Morgan fingerprint density at radius 3 is 2.93 bits per heavy atom. The number of fused-ring (bicyclic) bond motifs is 1. The second kappa shape index (κ2) is 3.74. The van der Waals surface area contributed by atoms with Gasteiger partial charge in [-0.05, 0) is 11.5 Å². The predicted molar refractivity (Wildman–Crippen MR) is 55.5 cm³/mol. The molecule has 0 aliphatic rings. The molecule has 1 heterocycles. The van der Waals surface area contributed by atoms with Gasteiger partial charge < -0.3 is 15.2 Å². The maximum absolute atomic E-state index is 10.5. The predicted octanol–water partition coefficient (Wildman–Crippen LogP) is 1.68. The minimum absolute atomic E-state index is 0.280. The number of rotatable bonds is 3. The molecule has 2 aromatic rings. The molecule has 0 bridgehead atoms. The molecule has 0 spiro atoms. The summed E-state index contributed by atoms with van der Waals surface area (Å²) in [5.41, 5.74) is 1.42. The highest BCUT2D eigenvalue weighted by molar-refractivity contribution is 5.83. The molecule has 0 fully saturated rings. The van der Waals surface area contributed by atoms with Crippen LogP contribution in [0.25, 0.3) is 10.9 Å². The highest BCUT2D eigenvalue weighted by Gasteiger charge is 2.14. The Morgan fingerprint density at radius 1 is 1.40 bits per heavy atom. The van der Waals surface area contributed by atoms with Crippen LogP contribution < -0.4 is 0 Å². The number of hydrogen-bond donors (Lipinski definition) is 3. The summed E-state index contributed by atoms with van der Waals surface area (Å²) in [5.74, 6) is -1.01. The van der Waals surface area contributed by atoms with Crippen molar-refractivity contribution in [3.63, 3.8) is 0 Å². The molecule has 15 heavy (non-hydrogen) atoms. The monoisotopic (exact) mass is 205 g/mol. The molecule has 78 valence electrons. The van der Waals surface area contributed by atoms with Gasteiger partial charge in [0.2, 0.25) is 0 Å². The van der Waals surface area contributed by atoms with Crippen molar-refractivity contribution in [2.24, 2.45) is 0 Å². The Bertz CT molecular complexity index is 489. The maximum Gasteiger partial charge on any atom is 0.306 e. The van der Waals surface area contributed by atoms with Gasteiger partial charge in [-0.25, -0.2) is 0 Å². The van der Waals surface area contributed by atoms with Crippen LogP contribution in [0.3, 0.4) is 0 Å². The van der Waals surface area contributed by atoms with E-state index in [1.54, 1.807) is 18.3 Å². The summed E-state index contributed by atoms with van der Waals surface area (Å²) in [7, 11) is 0. The first-order valence-electron chi connectivity index (χ1n) is 4.64. The fourth-order valence-electron chi connectivity index (χ4n) is 1.66. The van der Waals surface area contributed by atoms with E-state index in [4.69, 9.17) is 5.11 Å². The first-order chi connectivity index (χ1) is 7.18. The Hall–Kier alpha value is -1.81. The largest absolute Gasteiger partial charge is 0.481 e. The molecule has 1 aromatic heterocycles. The Balaban J connectivity index is 2.42. The molecule has 0 saturated heterocycles. The average molecular weight is 205 g/mol. The molecule has 0 saturated carbocycles. The number of para-hydroxylation sites is 1. The number of nitrogens with one attached hydrogen (secondary N) is 1. The van der Waals surface area contributed by atoms with E-state index in [0.29, 0.717) is 5.56 Å². The summed E-state index contributed by atoms with van der Waals surface area (Å²) in [6.45, 7) is 0. The van der Waals surface area contributed by atoms with Gasteiger partial charge in [-0.2, -0.15) is 0 Å². The highest BCUT2D eigenvalue weighted by atomic mass is 16.4. The van der Waals surface area contributed by atoms with E-state index in [0.717, 1.165) is 10.9 Å². The summed E-state index contributed by atoms with van der Waals surface area (Å²) >= 11 is 0. The van der Waals surface area contributed by atoms with Gasteiger partial charge in [-0.3, -0.25) is 4.79 Å². The zero-order chi connectivity index (χ0) is 10.8. The molecule has 0 aliphatic carbocycles. The lowest BCUT2D eigenvalue weighted by molar-refractivity contribution is -0.139. The van der Waals surface area contributed by atoms with Gasteiger partial charge >= 0.3 is 5.97 Å². The smallest absolute Gasteiger partial charge is 0.306 e. The standard InChI is InChI=1S/C11H11NO3/c13-9(6-10(14)15)8-3-1-2-7-4-5-12-11(7)8/h1-5,9,12-13H,6H2,(H,14,15)/t9-/m0/s1. The molecule has 0 unspecified atom stereocenters. The van der Waals surface area contributed by atoms with E-state index in [1.807, 2.05) is 12.1 Å². The molecule has 3 N–H and O–H groups in total. The lowest BCUT2D eigenvalue weighted by Gasteiger charge is -2.09. The number of hydrogen-bond acceptors (Lipinski definition) is 2. The zero-order valence-corrected chi connectivity index (χ0v) is 7.97. The molecule has 1 aromatic carbocycles. The third-order valence-electron chi connectivity index (χ3n) is 2.35. The summed E-state index contributed by atoms with van der Waals surface area (Å²) in [6, 6.07) is 7.32. The number of aliphatic carboxylic acids is 1. The highest BCUT2D eigenvalue weighted by Crippen LogP contribution is 2.24. The van der Waals surface area contributed by atoms with Gasteiger partial charge in [0.1, 0.15) is 0 Å². The second-order valence-electron chi connectivity index (χ2n) is 3.40. The topological polar surface area (TPSA) is 73.3 Å². The zero-order valence-electron chi connectivity index (χ0n) is 7.97. The molecule has 0 radical (unpaired) electrons. The van der Waals surface area contributed by atoms with Crippen LogP contribution in [0.5, 0.6) is 0 Å². The van der Waals surface area contributed by atoms with E-state index >= 15 is 0 Å². The van der Waals surface area contributed by atoms with Gasteiger partial charge in [0.15, 0.2) is 0 Å². The number of H-pyrrole nitrogens is 1. The van der Waals surface area contributed by atoms with E-state index in [-0.39, 0.29) is 6.42 Å². The number of aromatic amines is 1. The Labute approximate surface area is 86.2 Å². The second-order valence-corrected chi connectivity index (χ2v) is 3.40. The van der Waals surface area contributed by atoms with Crippen molar-refractivity contribution in [2.75, 3.05) is 0 Å². The maximum atomic E-state index is 10.5. The normalized spacial score (nSPS) is 12.9. The molecular weight excluding hydrogens is 194 g/mol. The molecule has 0 aliphatic heterocycles. The third-order valence-corrected chi connectivity index (χ3v) is 2.35. The van der Waals surface area contributed by atoms with Gasteiger partial charge in [0, 0.05) is 11.8 Å². The van der Waals surface area contributed by atoms with E-state index in [9.17, 15) is 9.90 Å². The van der Waals surface area contributed by atoms with Crippen molar-refractivity contribution in [3.8, 4) is 0 Å². The average Bonchev–Trinajstić information content (AvgIpc) is 2.63. The number of carbonyl (C=O) groups is 1. The third kappa shape index (κ3) is 1.85. The van der Waals surface area contributed by atoms with Gasteiger partial charge in [-0.1, -0.05) is 18.2 Å². The van der Waals surface area contributed by atoms with Crippen LogP contribution in [0, 0.1) is 0 Å². The molecule has 0 amide bonds. The fraction of sp³-hybridized carbons (Fsp3) is 0.182. The lowest BCUT2D eigenvalue weighted by atomic mass is 10.0. The van der Waals surface area contributed by atoms with Crippen molar-refractivity contribution in [2.45, 2.75) is 12.5 Å². The quantitative estimate of drug-likeness (QED) is 0.713. The first kappa shape index (κ1) is 9.73. The number of aliphatic hydroxyl groups is 1. The number of benzene rings is 1. The van der Waals surface area contributed by atoms with Crippen molar-refractivity contribution >= 4 is 16.9 Å². The number of carboxylic acid groups (broad SMARTS) is 1. The van der Waals surface area contributed by atoms with Crippen LogP contribution in [0.15, 0.2) is 30.5 Å². The van der Waals surface area contributed by atoms with Crippen LogP contribution in [0.1, 0.15) is 18.1 Å². The molecule has 2 rings (SSSR count). The minimum Gasteiger partial charge on any atom is -0.481 e. The van der Waals surface area contributed by atoms with E-state index in [2.05, 4.69) is 4.98 Å². The lowest BCUT2D eigenvalue weighted by Crippen LogP contribution is -2.05. The molecule has 4 heteroatoms. The Morgan fingerprint density at radius 2 is 2.20 bits per heavy atom. The van der Waals surface area contributed by atoms with E-state index in [1.165, 1.54) is 0 Å². The number of carboxylic acids is 1. The van der Waals surface area contributed by atoms with Crippen LogP contribution >= 0.6 is 0 Å². The summed E-state index contributed by atoms with van der Waals surface area (Å²) < 4.78 is 0. The van der Waals surface area contributed by atoms with Crippen molar-refractivity contribution in [3.05, 3.63) is 36.0 Å². The van der Waals surface area contributed by atoms with Crippen LogP contribution in [0.2, 0.25) is 0 Å². The van der Waals surface area contributed by atoms with Gasteiger partial charge in [0.25, 0.3) is 0 Å². The summed E-state index contributed by atoms with van der Waals surface area (Å²) in [5, 5.41) is 19.3. The van der Waals surface area contributed by atoms with Crippen molar-refractivity contribution < 1.29 is 15.0 Å². The van der Waals surface area contributed by atoms with E-state index < -0.39 is 12.1 Å². The SMILES string of the molecule is O=C(O)C[C@H](O)c1cccc2cc[nH]c12. The van der Waals surface area contributed by atoms with Gasteiger partial charge in [0.05, 0.1) is 18.0 Å². The summed E-state index contributed by atoms with van der Waals surface area (Å²) in [6.07, 6.45) is 0.518. The molecule has 1 atom stereocenters. The first-order valence-corrected chi connectivity index (χ1v) is 4.64. The van der Waals surface area contributed by atoms with Crippen LogP contribution in [0.4, 0.5) is 0 Å². The minimum atomic E-state index is -1.01. The number of aromatic nitrogens is 1. The van der Waals surface area contributed by atoms with Crippen LogP contribution in [-0.4, -0.2) is 21.2 Å². The number of aliphatic hydroxyl groups excluding tert-OH is 1. The molecule has 4 nitrogen and oxygen atoms in total. The van der Waals surface area contributed by atoms with Crippen molar-refractivity contribution in [1.29, 1.82) is 0 Å². The summed E-state index contributed by atoms with van der Waals surface area (Å²) in [4.78, 5) is 13.5. The molecular formula is C11H11NO3. The Kier molecular flexibility index (Phi) is 2.43.